The Morgan fingerprint density at radius 2 is 1.79 bits per heavy atom. The number of rotatable bonds is 3. The number of sulfone groups is 1. The zero-order valence-corrected chi connectivity index (χ0v) is 13.2. The molecule has 2 N–H and O–H groups in total. The van der Waals surface area contributed by atoms with Gasteiger partial charge in [0.1, 0.15) is 5.75 Å². The summed E-state index contributed by atoms with van der Waals surface area (Å²) in [4.78, 5) is -0.800. The van der Waals surface area contributed by atoms with E-state index in [2.05, 4.69) is 5.32 Å². The molecule has 0 spiro atoms. The van der Waals surface area contributed by atoms with E-state index in [1.165, 1.54) is 18.2 Å². The lowest BCUT2D eigenvalue weighted by Crippen LogP contribution is -2.24. The normalized spacial score (nSPS) is 17.5. The fraction of sp³-hybridized carbons (Fsp3) is 0.250. The Morgan fingerprint density at radius 3 is 2.50 bits per heavy atom. The van der Waals surface area contributed by atoms with Gasteiger partial charge in [-0.25, -0.2) is 8.42 Å². The van der Waals surface area contributed by atoms with Gasteiger partial charge in [0, 0.05) is 0 Å². The molecule has 1 unspecified atom stereocenters. The highest BCUT2D eigenvalue weighted by Gasteiger charge is 2.48. The number of benzene rings is 2. The average molecular weight is 357 g/mol. The number of fused-ring (bicyclic) bond motifs is 1. The largest absolute Gasteiger partial charge is 0.508 e. The van der Waals surface area contributed by atoms with Gasteiger partial charge in [-0.1, -0.05) is 24.3 Å². The van der Waals surface area contributed by atoms with E-state index in [0.29, 0.717) is 12.8 Å². The smallest absolute Gasteiger partial charge is 0.501 e. The molecule has 0 saturated heterocycles. The van der Waals surface area contributed by atoms with Crippen LogP contribution in [0.25, 0.3) is 0 Å². The van der Waals surface area contributed by atoms with Crippen LogP contribution < -0.4 is 5.32 Å². The van der Waals surface area contributed by atoms with Crippen molar-refractivity contribution < 1.29 is 26.7 Å². The summed E-state index contributed by atoms with van der Waals surface area (Å²) < 4.78 is 62.1. The molecule has 2 aromatic carbocycles. The van der Waals surface area contributed by atoms with Crippen molar-refractivity contribution in [3.63, 3.8) is 0 Å². The van der Waals surface area contributed by atoms with Gasteiger partial charge in [0.2, 0.25) is 0 Å². The lowest BCUT2D eigenvalue weighted by Gasteiger charge is -2.19. The molecule has 0 heterocycles. The maximum absolute atomic E-state index is 12.9. The Kier molecular flexibility index (Phi) is 3.95. The van der Waals surface area contributed by atoms with Crippen molar-refractivity contribution in [1.82, 2.24) is 0 Å². The van der Waals surface area contributed by atoms with Crippen LogP contribution in [0.3, 0.4) is 0 Å². The zero-order valence-electron chi connectivity index (χ0n) is 12.3. The number of alkyl halides is 3. The van der Waals surface area contributed by atoms with Crippen LogP contribution in [0.15, 0.2) is 47.4 Å². The molecule has 4 nitrogen and oxygen atoms in total. The van der Waals surface area contributed by atoms with Crippen molar-refractivity contribution >= 4 is 15.5 Å². The monoisotopic (exact) mass is 357 g/mol. The van der Waals surface area contributed by atoms with Gasteiger partial charge in [0.05, 0.1) is 16.6 Å². The third-order valence-corrected chi connectivity index (χ3v) is 5.60. The van der Waals surface area contributed by atoms with E-state index in [-0.39, 0.29) is 17.5 Å². The van der Waals surface area contributed by atoms with E-state index in [9.17, 15) is 26.7 Å². The molecule has 0 saturated carbocycles. The number of anilines is 1. The van der Waals surface area contributed by atoms with Gasteiger partial charge in [-0.15, -0.1) is 0 Å². The molecule has 1 aliphatic rings. The topological polar surface area (TPSA) is 66.4 Å². The molecule has 3 rings (SSSR count). The number of halogens is 3. The molecular weight excluding hydrogens is 343 g/mol. The van der Waals surface area contributed by atoms with Crippen molar-refractivity contribution in [2.75, 3.05) is 5.32 Å². The van der Waals surface area contributed by atoms with E-state index in [4.69, 9.17) is 0 Å². The first-order valence-corrected chi connectivity index (χ1v) is 8.68. The Balaban J connectivity index is 1.99. The number of phenols is 1. The summed E-state index contributed by atoms with van der Waals surface area (Å²) >= 11 is 0. The van der Waals surface area contributed by atoms with E-state index < -0.39 is 20.2 Å². The number of para-hydroxylation sites is 1. The third kappa shape index (κ3) is 2.71. The van der Waals surface area contributed by atoms with Crippen LogP contribution in [-0.4, -0.2) is 19.0 Å². The predicted molar refractivity (Wildman–Crippen MR) is 82.5 cm³/mol. The molecule has 128 valence electrons. The number of aromatic hydroxyl groups is 1. The molecule has 8 heteroatoms. The minimum absolute atomic E-state index is 0.101. The minimum atomic E-state index is -5.45. The highest BCUT2D eigenvalue weighted by Crippen LogP contribution is 2.40. The molecule has 1 aliphatic carbocycles. The molecule has 24 heavy (non-hydrogen) atoms. The zero-order chi connectivity index (χ0) is 17.5. The molecule has 0 amide bonds. The van der Waals surface area contributed by atoms with E-state index in [0.717, 1.165) is 17.2 Å². The molecule has 0 bridgehead atoms. The number of hydrogen-bond acceptors (Lipinski definition) is 4. The van der Waals surface area contributed by atoms with Crippen LogP contribution >= 0.6 is 0 Å². The molecule has 2 aromatic rings. The lowest BCUT2D eigenvalue weighted by atomic mass is 10.1. The Morgan fingerprint density at radius 1 is 1.08 bits per heavy atom. The van der Waals surface area contributed by atoms with Gasteiger partial charge in [0.25, 0.3) is 9.84 Å². The first-order chi connectivity index (χ1) is 11.2. The fourth-order valence-electron chi connectivity index (χ4n) is 2.92. The first kappa shape index (κ1) is 16.6. The molecule has 0 aliphatic heterocycles. The lowest BCUT2D eigenvalue weighted by molar-refractivity contribution is -0.0435. The van der Waals surface area contributed by atoms with Crippen LogP contribution in [0.4, 0.5) is 18.9 Å². The van der Waals surface area contributed by atoms with Crippen LogP contribution in [0.2, 0.25) is 0 Å². The van der Waals surface area contributed by atoms with Gasteiger partial charge in [-0.2, -0.15) is 13.2 Å². The van der Waals surface area contributed by atoms with Gasteiger partial charge >= 0.3 is 5.51 Å². The van der Waals surface area contributed by atoms with Crippen molar-refractivity contribution in [1.29, 1.82) is 0 Å². The molecule has 0 aromatic heterocycles. The van der Waals surface area contributed by atoms with E-state index in [1.807, 2.05) is 0 Å². The number of nitrogens with one attached hydrogen (secondary N) is 1. The maximum atomic E-state index is 12.9. The van der Waals surface area contributed by atoms with Crippen LogP contribution in [-0.2, 0) is 16.3 Å². The Labute approximate surface area is 136 Å². The molecule has 0 radical (unpaired) electrons. The summed E-state index contributed by atoms with van der Waals surface area (Å²) in [5.41, 5.74) is -3.98. The SMILES string of the molecule is O=S(=O)(c1ccccc1NC1CCc2c(O)cccc21)C(F)(F)F. The highest BCUT2D eigenvalue weighted by atomic mass is 32.2. The standard InChI is InChI=1S/C16H14F3NO3S/c17-16(18,19)24(22,23)15-7-2-1-5-13(15)20-12-9-8-11-10(12)4-3-6-14(11)21/h1-7,12,20-21H,8-9H2. The maximum Gasteiger partial charge on any atom is 0.501 e. The van der Waals surface area contributed by atoms with Crippen LogP contribution in [0.1, 0.15) is 23.6 Å². The average Bonchev–Trinajstić information content (AvgIpc) is 2.91. The Hall–Kier alpha value is -2.22. The second-order valence-corrected chi connectivity index (χ2v) is 7.44. The van der Waals surface area contributed by atoms with Gasteiger partial charge in [-0.3, -0.25) is 0 Å². The number of hydrogen-bond donors (Lipinski definition) is 2. The minimum Gasteiger partial charge on any atom is -0.508 e. The van der Waals surface area contributed by atoms with Crippen molar-refractivity contribution in [2.45, 2.75) is 29.3 Å². The molecule has 0 fully saturated rings. The van der Waals surface area contributed by atoms with Gasteiger partial charge < -0.3 is 10.4 Å². The van der Waals surface area contributed by atoms with E-state index in [1.54, 1.807) is 18.2 Å². The van der Waals surface area contributed by atoms with Crippen molar-refractivity contribution in [2.24, 2.45) is 0 Å². The summed E-state index contributed by atoms with van der Waals surface area (Å²) in [7, 11) is -5.45. The first-order valence-electron chi connectivity index (χ1n) is 7.19. The van der Waals surface area contributed by atoms with Gasteiger partial charge in [-0.05, 0) is 42.2 Å². The van der Waals surface area contributed by atoms with Crippen LogP contribution in [0, 0.1) is 0 Å². The summed E-state index contributed by atoms with van der Waals surface area (Å²) in [5, 5.41) is 12.7. The molecule has 1 atom stereocenters. The van der Waals surface area contributed by atoms with Crippen molar-refractivity contribution in [3.05, 3.63) is 53.6 Å². The second kappa shape index (κ2) is 5.70. The molecular formula is C16H14F3NO3S. The summed E-state index contributed by atoms with van der Waals surface area (Å²) in [5.74, 6) is 0.132. The fourth-order valence-corrected chi connectivity index (χ4v) is 3.84. The van der Waals surface area contributed by atoms with Crippen molar-refractivity contribution in [3.8, 4) is 5.75 Å². The van der Waals surface area contributed by atoms with Gasteiger partial charge in [0.15, 0.2) is 0 Å². The van der Waals surface area contributed by atoms with Crippen LogP contribution in [0.5, 0.6) is 5.75 Å². The summed E-state index contributed by atoms with van der Waals surface area (Å²) in [6.07, 6.45) is 1.11. The number of phenolic OH excluding ortho intramolecular Hbond substituents is 1. The van der Waals surface area contributed by atoms with E-state index >= 15 is 0 Å². The quantitative estimate of drug-likeness (QED) is 0.877. The Bertz CT molecular complexity index is 878. The highest BCUT2D eigenvalue weighted by molar-refractivity contribution is 7.92. The third-order valence-electron chi connectivity index (χ3n) is 4.06. The second-order valence-electron chi connectivity index (χ2n) is 5.53. The predicted octanol–water partition coefficient (Wildman–Crippen LogP) is 3.79. The summed E-state index contributed by atoms with van der Waals surface area (Å²) in [6, 6.07) is 9.55. The summed E-state index contributed by atoms with van der Waals surface area (Å²) in [6.45, 7) is 0.